The van der Waals surface area contributed by atoms with E-state index in [9.17, 15) is 10.1 Å². The monoisotopic (exact) mass is 311 g/mol. The minimum absolute atomic E-state index is 0.0726. The summed E-state index contributed by atoms with van der Waals surface area (Å²) >= 11 is 5.93. The molecule has 1 N–H and O–H groups in total. The third-order valence-electron chi connectivity index (χ3n) is 3.02. The molecule has 1 aromatic carbocycles. The van der Waals surface area contributed by atoms with Gasteiger partial charge < -0.3 is 4.74 Å². The smallest absolute Gasteiger partial charge is 0.271 e. The molecule has 0 bridgehead atoms. The first-order valence-corrected chi connectivity index (χ1v) is 7.02. The minimum Gasteiger partial charge on any atom is -0.492 e. The second-order valence-corrected chi connectivity index (χ2v) is 5.21. The molecule has 114 valence electrons. The first-order chi connectivity index (χ1) is 9.91. The van der Waals surface area contributed by atoms with Crippen LogP contribution < -0.4 is 10.1 Å². The van der Waals surface area contributed by atoms with Gasteiger partial charge in [0.15, 0.2) is 0 Å². The number of nitro groups is 1. The number of nitrogens with zero attached hydrogens (tertiary/aromatic N) is 2. The fraction of sp³-hybridized carbons (Fsp3) is 0.500. The first kappa shape index (κ1) is 17.2. The van der Waals surface area contributed by atoms with E-state index in [4.69, 9.17) is 21.6 Å². The van der Waals surface area contributed by atoms with Gasteiger partial charge in [-0.2, -0.15) is 5.26 Å². The number of nitriles is 1. The second-order valence-electron chi connectivity index (χ2n) is 4.80. The van der Waals surface area contributed by atoms with Crippen molar-refractivity contribution in [3.05, 3.63) is 33.3 Å². The molecule has 0 radical (unpaired) electrons. The van der Waals surface area contributed by atoms with Gasteiger partial charge in [-0.3, -0.25) is 15.4 Å². The largest absolute Gasteiger partial charge is 0.492 e. The topological polar surface area (TPSA) is 88.2 Å². The summed E-state index contributed by atoms with van der Waals surface area (Å²) in [4.78, 5) is 10.1. The van der Waals surface area contributed by atoms with Gasteiger partial charge in [-0.1, -0.05) is 18.5 Å². The second kappa shape index (κ2) is 7.81. The Labute approximate surface area is 128 Å². The van der Waals surface area contributed by atoms with Crippen molar-refractivity contribution >= 4 is 17.3 Å². The fourth-order valence-corrected chi connectivity index (χ4v) is 2.13. The SMILES string of the molecule is CCNC(C)(C#N)CCCOc1ccc([N+](=O)[O-])cc1Cl. The lowest BCUT2D eigenvalue weighted by Crippen LogP contribution is -2.40. The number of non-ortho nitro benzene ring substituents is 1. The molecule has 0 saturated heterocycles. The van der Waals surface area contributed by atoms with Gasteiger partial charge in [-0.25, -0.2) is 0 Å². The molecule has 1 aromatic rings. The Balaban J connectivity index is 2.50. The predicted molar refractivity (Wildman–Crippen MR) is 80.5 cm³/mol. The van der Waals surface area contributed by atoms with Gasteiger partial charge in [0.2, 0.25) is 0 Å². The van der Waals surface area contributed by atoms with Crippen molar-refractivity contribution in [2.45, 2.75) is 32.2 Å². The van der Waals surface area contributed by atoms with Crippen molar-refractivity contribution in [2.24, 2.45) is 0 Å². The van der Waals surface area contributed by atoms with E-state index in [1.807, 2.05) is 13.8 Å². The van der Waals surface area contributed by atoms with Gasteiger partial charge in [0.25, 0.3) is 5.69 Å². The summed E-state index contributed by atoms with van der Waals surface area (Å²) in [5, 5.41) is 23.0. The maximum Gasteiger partial charge on any atom is 0.271 e. The van der Waals surface area contributed by atoms with Crippen LogP contribution in [-0.2, 0) is 0 Å². The van der Waals surface area contributed by atoms with Crippen molar-refractivity contribution in [3.8, 4) is 11.8 Å². The van der Waals surface area contributed by atoms with E-state index >= 15 is 0 Å². The quantitative estimate of drug-likeness (QED) is 0.452. The van der Waals surface area contributed by atoms with Gasteiger partial charge in [-0.05, 0) is 32.4 Å². The average molecular weight is 312 g/mol. The lowest BCUT2D eigenvalue weighted by Gasteiger charge is -2.22. The fourth-order valence-electron chi connectivity index (χ4n) is 1.90. The molecular weight excluding hydrogens is 294 g/mol. The molecule has 21 heavy (non-hydrogen) atoms. The summed E-state index contributed by atoms with van der Waals surface area (Å²) in [6.45, 7) is 4.90. The third-order valence-corrected chi connectivity index (χ3v) is 3.31. The molecule has 1 atom stereocenters. The molecule has 0 aromatic heterocycles. The van der Waals surface area contributed by atoms with Gasteiger partial charge >= 0.3 is 0 Å². The van der Waals surface area contributed by atoms with Gasteiger partial charge in [0.05, 0.1) is 22.6 Å². The molecule has 0 aliphatic heterocycles. The van der Waals surface area contributed by atoms with Crippen LogP contribution in [0.5, 0.6) is 5.75 Å². The molecule has 6 nitrogen and oxygen atoms in total. The standard InChI is InChI=1S/C14H18ClN3O3/c1-3-17-14(2,10-16)7-4-8-21-13-6-5-11(18(19)20)9-12(13)15/h5-6,9,17H,3-4,7-8H2,1-2H3. The average Bonchev–Trinajstić information content (AvgIpc) is 2.45. The van der Waals surface area contributed by atoms with Crippen LogP contribution in [0.25, 0.3) is 0 Å². The number of halogens is 1. The van der Waals surface area contributed by atoms with E-state index in [1.165, 1.54) is 18.2 Å². The molecule has 7 heteroatoms. The van der Waals surface area contributed by atoms with Crippen molar-refractivity contribution in [1.82, 2.24) is 5.32 Å². The maximum atomic E-state index is 10.6. The number of nitrogens with one attached hydrogen (secondary N) is 1. The number of hydrogen-bond acceptors (Lipinski definition) is 5. The molecule has 0 fully saturated rings. The van der Waals surface area contributed by atoms with Gasteiger partial charge in [0.1, 0.15) is 11.3 Å². The van der Waals surface area contributed by atoms with Crippen LogP contribution in [0.1, 0.15) is 26.7 Å². The highest BCUT2D eigenvalue weighted by Gasteiger charge is 2.21. The summed E-state index contributed by atoms with van der Waals surface area (Å²) in [5.74, 6) is 0.407. The Morgan fingerprint density at radius 2 is 2.29 bits per heavy atom. The number of benzene rings is 1. The predicted octanol–water partition coefficient (Wildman–Crippen LogP) is 3.30. The van der Waals surface area contributed by atoms with Crippen molar-refractivity contribution in [2.75, 3.05) is 13.2 Å². The van der Waals surface area contributed by atoms with E-state index < -0.39 is 10.5 Å². The number of nitro benzene ring substituents is 1. The maximum absolute atomic E-state index is 10.6. The highest BCUT2D eigenvalue weighted by Crippen LogP contribution is 2.28. The summed E-state index contributed by atoms with van der Waals surface area (Å²) < 4.78 is 5.50. The molecule has 0 saturated carbocycles. The van der Waals surface area contributed by atoms with Crippen LogP contribution in [0, 0.1) is 21.4 Å². The van der Waals surface area contributed by atoms with Crippen LogP contribution in [-0.4, -0.2) is 23.6 Å². The van der Waals surface area contributed by atoms with Crippen LogP contribution >= 0.6 is 11.6 Å². The van der Waals surface area contributed by atoms with Crippen LogP contribution in [0.4, 0.5) is 5.69 Å². The molecule has 1 rings (SSSR count). The third kappa shape index (κ3) is 5.21. The molecule has 0 amide bonds. The Kier molecular flexibility index (Phi) is 6.40. The zero-order chi connectivity index (χ0) is 15.9. The molecule has 0 spiro atoms. The minimum atomic E-state index is -0.572. The zero-order valence-corrected chi connectivity index (χ0v) is 12.8. The summed E-state index contributed by atoms with van der Waals surface area (Å²) in [5.41, 5.74) is -0.645. The lowest BCUT2D eigenvalue weighted by atomic mass is 9.98. The highest BCUT2D eigenvalue weighted by molar-refractivity contribution is 6.32. The van der Waals surface area contributed by atoms with Crippen molar-refractivity contribution in [1.29, 1.82) is 5.26 Å². The number of ether oxygens (including phenoxy) is 1. The van der Waals surface area contributed by atoms with Crippen LogP contribution in [0.15, 0.2) is 18.2 Å². The Bertz CT molecular complexity index is 545. The van der Waals surface area contributed by atoms with Crippen molar-refractivity contribution < 1.29 is 9.66 Å². The van der Waals surface area contributed by atoms with Crippen LogP contribution in [0.3, 0.4) is 0 Å². The normalized spacial score (nSPS) is 13.2. The lowest BCUT2D eigenvalue weighted by molar-refractivity contribution is -0.384. The van der Waals surface area contributed by atoms with E-state index in [-0.39, 0.29) is 10.7 Å². The zero-order valence-electron chi connectivity index (χ0n) is 12.1. The molecule has 0 aliphatic rings. The number of hydrogen-bond donors (Lipinski definition) is 1. The Morgan fingerprint density at radius 3 is 2.81 bits per heavy atom. The summed E-state index contributed by atoms with van der Waals surface area (Å²) in [6, 6.07) is 6.33. The van der Waals surface area contributed by atoms with Crippen molar-refractivity contribution in [3.63, 3.8) is 0 Å². The first-order valence-electron chi connectivity index (χ1n) is 6.65. The van der Waals surface area contributed by atoms with E-state index in [0.29, 0.717) is 25.2 Å². The molecule has 0 heterocycles. The van der Waals surface area contributed by atoms with Crippen LogP contribution in [0.2, 0.25) is 5.02 Å². The molecular formula is C14H18ClN3O3. The van der Waals surface area contributed by atoms with E-state index in [2.05, 4.69) is 11.4 Å². The Morgan fingerprint density at radius 1 is 1.57 bits per heavy atom. The highest BCUT2D eigenvalue weighted by atomic mass is 35.5. The summed E-state index contributed by atoms with van der Waals surface area (Å²) in [7, 11) is 0. The van der Waals surface area contributed by atoms with E-state index in [0.717, 1.165) is 6.54 Å². The Hall–Kier alpha value is -1.84. The van der Waals surface area contributed by atoms with Gasteiger partial charge in [-0.15, -0.1) is 0 Å². The van der Waals surface area contributed by atoms with Gasteiger partial charge in [0, 0.05) is 12.1 Å². The summed E-state index contributed by atoms with van der Waals surface area (Å²) in [6.07, 6.45) is 1.31. The molecule has 0 aliphatic carbocycles. The number of rotatable bonds is 8. The molecule has 1 unspecified atom stereocenters. The van der Waals surface area contributed by atoms with E-state index in [1.54, 1.807) is 0 Å².